The van der Waals surface area contributed by atoms with Gasteiger partial charge in [0.25, 0.3) is 0 Å². The number of nitrogens with one attached hydrogen (secondary N) is 2. The summed E-state index contributed by atoms with van der Waals surface area (Å²) < 4.78 is 7.03. The fraction of sp³-hybridized carbons (Fsp3) is 0.353. The van der Waals surface area contributed by atoms with E-state index in [4.69, 9.17) is 4.74 Å². The van der Waals surface area contributed by atoms with Crippen molar-refractivity contribution < 1.29 is 14.6 Å². The van der Waals surface area contributed by atoms with Crippen molar-refractivity contribution in [1.82, 2.24) is 9.55 Å². The van der Waals surface area contributed by atoms with Crippen LogP contribution in [0.4, 0.5) is 16.3 Å². The summed E-state index contributed by atoms with van der Waals surface area (Å²) >= 11 is 0. The number of benzene rings is 1. The van der Waals surface area contributed by atoms with Crippen molar-refractivity contribution in [3.63, 3.8) is 0 Å². The zero-order valence-electron chi connectivity index (χ0n) is 13.8. The molecule has 0 spiro atoms. The average Bonchev–Trinajstić information content (AvgIpc) is 2.96. The first-order valence-electron chi connectivity index (χ1n) is 8.05. The van der Waals surface area contributed by atoms with Crippen LogP contribution in [-0.2, 0) is 4.74 Å². The maximum Gasteiger partial charge on any atom is 0.351 e. The molecule has 2 heterocycles. The lowest BCUT2D eigenvalue weighted by atomic mass is 10.0. The normalized spacial score (nSPS) is 22.6. The molecule has 0 radical (unpaired) electrons. The van der Waals surface area contributed by atoms with Crippen LogP contribution in [0.1, 0.15) is 19.6 Å². The number of urea groups is 1. The zero-order valence-corrected chi connectivity index (χ0v) is 13.8. The number of aliphatic hydroxyl groups is 1. The summed E-state index contributed by atoms with van der Waals surface area (Å²) in [5.74, 6) is 0.302. The molecule has 3 rings (SSSR count). The summed E-state index contributed by atoms with van der Waals surface area (Å²) in [6.45, 7) is 1.88. The SMILES string of the molecule is C[C@@H]1C[C@H](n2ccc(NC(=O)Nc3ccccc3)nc2=O)OC1CO. The molecule has 1 aliphatic heterocycles. The van der Waals surface area contributed by atoms with E-state index < -0.39 is 17.9 Å². The molecule has 0 aliphatic carbocycles. The first kappa shape index (κ1) is 17.1. The molecule has 8 heteroatoms. The molecule has 2 aromatic rings. The quantitative estimate of drug-likeness (QED) is 0.784. The molecule has 1 unspecified atom stereocenters. The predicted octanol–water partition coefficient (Wildman–Crippen LogP) is 1.80. The Hall–Kier alpha value is -2.71. The van der Waals surface area contributed by atoms with Crippen LogP contribution in [0.15, 0.2) is 47.4 Å². The molecular weight excluding hydrogens is 324 g/mol. The average molecular weight is 344 g/mol. The van der Waals surface area contributed by atoms with Gasteiger partial charge in [-0.1, -0.05) is 25.1 Å². The second-order valence-corrected chi connectivity index (χ2v) is 5.97. The summed E-state index contributed by atoms with van der Waals surface area (Å²) in [6, 6.07) is 10.0. The first-order chi connectivity index (χ1) is 12.1. The predicted molar refractivity (Wildman–Crippen MR) is 92.4 cm³/mol. The van der Waals surface area contributed by atoms with Crippen molar-refractivity contribution in [3.8, 4) is 0 Å². The van der Waals surface area contributed by atoms with Crippen LogP contribution in [0.3, 0.4) is 0 Å². The molecular formula is C17H20N4O4. The van der Waals surface area contributed by atoms with Crippen LogP contribution in [-0.4, -0.2) is 33.4 Å². The fourth-order valence-corrected chi connectivity index (χ4v) is 2.77. The van der Waals surface area contributed by atoms with Crippen LogP contribution in [0.25, 0.3) is 0 Å². The Morgan fingerprint density at radius 1 is 1.32 bits per heavy atom. The third-order valence-electron chi connectivity index (χ3n) is 4.13. The molecule has 3 atom stereocenters. The second kappa shape index (κ2) is 7.45. The van der Waals surface area contributed by atoms with Gasteiger partial charge in [0.05, 0.1) is 12.7 Å². The van der Waals surface area contributed by atoms with E-state index in [1.165, 1.54) is 16.8 Å². The van der Waals surface area contributed by atoms with E-state index in [0.717, 1.165) is 0 Å². The molecule has 8 nitrogen and oxygen atoms in total. The monoisotopic (exact) mass is 344 g/mol. The molecule has 132 valence electrons. The highest BCUT2D eigenvalue weighted by molar-refractivity contribution is 5.99. The van der Waals surface area contributed by atoms with Crippen molar-refractivity contribution in [2.75, 3.05) is 17.2 Å². The molecule has 1 saturated heterocycles. The topological polar surface area (TPSA) is 105 Å². The number of carbonyl (C=O) groups is 1. The van der Waals surface area contributed by atoms with Crippen molar-refractivity contribution >= 4 is 17.5 Å². The fourth-order valence-electron chi connectivity index (χ4n) is 2.77. The van der Waals surface area contributed by atoms with E-state index in [9.17, 15) is 14.7 Å². The molecule has 1 aliphatic rings. The maximum absolute atomic E-state index is 12.2. The van der Waals surface area contributed by atoms with Gasteiger partial charge in [0, 0.05) is 11.9 Å². The number of para-hydroxylation sites is 1. The Kier molecular flexibility index (Phi) is 5.11. The summed E-state index contributed by atoms with van der Waals surface area (Å²) in [7, 11) is 0. The Morgan fingerprint density at radius 3 is 2.72 bits per heavy atom. The Labute approximate surface area is 144 Å². The minimum Gasteiger partial charge on any atom is -0.394 e. The molecule has 0 saturated carbocycles. The van der Waals surface area contributed by atoms with Gasteiger partial charge in [0.1, 0.15) is 12.0 Å². The van der Waals surface area contributed by atoms with E-state index in [2.05, 4.69) is 15.6 Å². The number of anilines is 2. The summed E-state index contributed by atoms with van der Waals surface area (Å²) in [5, 5.41) is 14.4. The molecule has 3 N–H and O–H groups in total. The van der Waals surface area contributed by atoms with Gasteiger partial charge in [-0.3, -0.25) is 9.88 Å². The number of carbonyl (C=O) groups excluding carboxylic acids is 1. The van der Waals surface area contributed by atoms with E-state index in [-0.39, 0.29) is 24.4 Å². The Bertz CT molecular complexity index is 793. The van der Waals surface area contributed by atoms with E-state index in [1.54, 1.807) is 24.3 Å². The summed E-state index contributed by atoms with van der Waals surface area (Å²) in [5.41, 5.74) is 0.116. The number of rotatable bonds is 4. The van der Waals surface area contributed by atoms with Gasteiger partial charge in [-0.2, -0.15) is 4.98 Å². The van der Waals surface area contributed by atoms with Gasteiger partial charge >= 0.3 is 11.7 Å². The number of amides is 2. The maximum atomic E-state index is 12.2. The van der Waals surface area contributed by atoms with Crippen molar-refractivity contribution in [1.29, 1.82) is 0 Å². The van der Waals surface area contributed by atoms with Crippen molar-refractivity contribution in [2.45, 2.75) is 25.7 Å². The third-order valence-corrected chi connectivity index (χ3v) is 4.13. The largest absolute Gasteiger partial charge is 0.394 e. The van der Waals surface area contributed by atoms with Gasteiger partial charge < -0.3 is 15.2 Å². The van der Waals surface area contributed by atoms with Gasteiger partial charge in [-0.05, 0) is 30.5 Å². The van der Waals surface area contributed by atoms with Gasteiger partial charge in [-0.25, -0.2) is 9.59 Å². The summed E-state index contributed by atoms with van der Waals surface area (Å²) in [6.07, 6.45) is 1.41. The van der Waals surface area contributed by atoms with Crippen LogP contribution < -0.4 is 16.3 Å². The molecule has 2 amide bonds. The first-order valence-corrected chi connectivity index (χ1v) is 8.05. The van der Waals surface area contributed by atoms with Crippen molar-refractivity contribution in [3.05, 3.63) is 53.1 Å². The standard InChI is InChI=1S/C17H20N4O4/c1-11-9-15(25-13(11)10-22)21-8-7-14(20-17(21)24)19-16(23)18-12-5-3-2-4-6-12/h2-8,11,13,15,22H,9-10H2,1H3,(H2,18,19,20,23,24)/t11-,13?,15-/m1/s1. The van der Waals surface area contributed by atoms with Crippen LogP contribution in [0.2, 0.25) is 0 Å². The Balaban J connectivity index is 1.66. The van der Waals surface area contributed by atoms with E-state index in [1.807, 2.05) is 13.0 Å². The highest BCUT2D eigenvalue weighted by Gasteiger charge is 2.33. The third kappa shape index (κ3) is 4.04. The minimum atomic E-state index is -0.520. The number of ether oxygens (including phenoxy) is 1. The van der Waals surface area contributed by atoms with Gasteiger partial charge in [0.15, 0.2) is 0 Å². The lowest BCUT2D eigenvalue weighted by Crippen LogP contribution is -2.29. The minimum absolute atomic E-state index is 0.0842. The molecule has 1 aromatic carbocycles. The van der Waals surface area contributed by atoms with Crippen LogP contribution in [0, 0.1) is 5.92 Å². The molecule has 25 heavy (non-hydrogen) atoms. The Morgan fingerprint density at radius 2 is 2.08 bits per heavy atom. The van der Waals surface area contributed by atoms with Gasteiger partial charge in [0.2, 0.25) is 0 Å². The highest BCUT2D eigenvalue weighted by Crippen LogP contribution is 2.31. The lowest BCUT2D eigenvalue weighted by molar-refractivity contribution is -0.0312. The van der Waals surface area contributed by atoms with E-state index in [0.29, 0.717) is 12.1 Å². The zero-order chi connectivity index (χ0) is 17.8. The number of hydrogen-bond acceptors (Lipinski definition) is 5. The molecule has 1 fully saturated rings. The van der Waals surface area contributed by atoms with Crippen LogP contribution in [0.5, 0.6) is 0 Å². The number of aromatic nitrogens is 2. The smallest absolute Gasteiger partial charge is 0.351 e. The number of hydrogen-bond donors (Lipinski definition) is 3. The van der Waals surface area contributed by atoms with Crippen LogP contribution >= 0.6 is 0 Å². The number of nitrogens with zero attached hydrogens (tertiary/aromatic N) is 2. The van der Waals surface area contributed by atoms with Crippen molar-refractivity contribution in [2.24, 2.45) is 5.92 Å². The summed E-state index contributed by atoms with van der Waals surface area (Å²) in [4.78, 5) is 28.0. The molecule has 1 aromatic heterocycles. The molecule has 0 bridgehead atoms. The number of aliphatic hydroxyl groups excluding tert-OH is 1. The van der Waals surface area contributed by atoms with Gasteiger partial charge in [-0.15, -0.1) is 0 Å². The van der Waals surface area contributed by atoms with E-state index >= 15 is 0 Å². The lowest BCUT2D eigenvalue weighted by Gasteiger charge is -2.15. The highest BCUT2D eigenvalue weighted by atomic mass is 16.5. The second-order valence-electron chi connectivity index (χ2n) is 5.97.